The first kappa shape index (κ1) is 14.7. The second kappa shape index (κ2) is 5.75. The predicted octanol–water partition coefficient (Wildman–Crippen LogP) is 2.03. The van der Waals surface area contributed by atoms with Crippen LogP contribution in [-0.4, -0.2) is 16.7 Å². The molecule has 2 aromatic rings. The fourth-order valence-electron chi connectivity index (χ4n) is 2.15. The number of hydrogen-bond donors (Lipinski definition) is 1. The van der Waals surface area contributed by atoms with Crippen LogP contribution in [0.3, 0.4) is 0 Å². The lowest BCUT2D eigenvalue weighted by atomic mass is 10.0. The van der Waals surface area contributed by atoms with E-state index < -0.39 is 5.97 Å². The van der Waals surface area contributed by atoms with Gasteiger partial charge in [0.05, 0.1) is 11.7 Å². The lowest BCUT2D eigenvalue weighted by Gasteiger charge is -2.00. The SMILES string of the molecule is Cc1[nH]c(C(=O)[O-])c(C)c1C(=O)/C=C/c1ccc(F)cc1. The fourth-order valence-corrected chi connectivity index (χ4v) is 2.15. The number of carboxylic acids is 1. The molecule has 1 heterocycles. The molecular weight excluding hydrogens is 273 g/mol. The van der Waals surface area contributed by atoms with Crippen molar-refractivity contribution >= 4 is 17.8 Å². The minimum absolute atomic E-state index is 0.0916. The third kappa shape index (κ3) is 3.08. The molecule has 0 amide bonds. The lowest BCUT2D eigenvalue weighted by molar-refractivity contribution is -0.255. The molecule has 0 atom stereocenters. The van der Waals surface area contributed by atoms with Crippen molar-refractivity contribution in [2.75, 3.05) is 0 Å². The molecule has 0 bridgehead atoms. The quantitative estimate of drug-likeness (QED) is 0.690. The van der Waals surface area contributed by atoms with Crippen molar-refractivity contribution in [2.24, 2.45) is 0 Å². The zero-order chi connectivity index (χ0) is 15.6. The second-order valence-electron chi connectivity index (χ2n) is 4.66. The van der Waals surface area contributed by atoms with Gasteiger partial charge in [-0.05, 0) is 43.2 Å². The lowest BCUT2D eigenvalue weighted by Crippen LogP contribution is -2.23. The molecule has 1 N–H and O–H groups in total. The Morgan fingerprint density at radius 3 is 2.33 bits per heavy atom. The van der Waals surface area contributed by atoms with Gasteiger partial charge in [-0.15, -0.1) is 0 Å². The van der Waals surface area contributed by atoms with Gasteiger partial charge in [0.2, 0.25) is 0 Å². The van der Waals surface area contributed by atoms with E-state index in [1.807, 2.05) is 0 Å². The molecule has 0 fully saturated rings. The minimum Gasteiger partial charge on any atom is -0.543 e. The molecule has 0 unspecified atom stereocenters. The maximum absolute atomic E-state index is 12.8. The summed E-state index contributed by atoms with van der Waals surface area (Å²) in [5, 5.41) is 10.9. The van der Waals surface area contributed by atoms with Gasteiger partial charge in [-0.1, -0.05) is 18.2 Å². The molecule has 1 aromatic carbocycles. The Bertz CT molecular complexity index is 727. The van der Waals surface area contributed by atoms with E-state index in [1.165, 1.54) is 18.2 Å². The highest BCUT2D eigenvalue weighted by atomic mass is 19.1. The summed E-state index contributed by atoms with van der Waals surface area (Å²) in [6.07, 6.45) is 2.88. The number of carbonyl (C=O) groups excluding carboxylic acids is 2. The highest BCUT2D eigenvalue weighted by Gasteiger charge is 2.16. The molecule has 21 heavy (non-hydrogen) atoms. The van der Waals surface area contributed by atoms with E-state index in [9.17, 15) is 19.1 Å². The zero-order valence-electron chi connectivity index (χ0n) is 11.6. The Morgan fingerprint density at radius 2 is 1.81 bits per heavy atom. The van der Waals surface area contributed by atoms with Gasteiger partial charge in [0.1, 0.15) is 5.82 Å². The molecule has 4 nitrogen and oxygen atoms in total. The molecule has 0 saturated heterocycles. The maximum atomic E-state index is 12.8. The molecule has 2 rings (SSSR count). The number of hydrogen-bond acceptors (Lipinski definition) is 3. The van der Waals surface area contributed by atoms with Crippen LogP contribution in [0.4, 0.5) is 4.39 Å². The summed E-state index contributed by atoms with van der Waals surface area (Å²) in [5.41, 5.74) is 1.72. The van der Waals surface area contributed by atoms with Crippen molar-refractivity contribution in [3.63, 3.8) is 0 Å². The Labute approximate surface area is 120 Å². The minimum atomic E-state index is -1.35. The average Bonchev–Trinajstić information content (AvgIpc) is 2.73. The van der Waals surface area contributed by atoms with Gasteiger partial charge in [-0.2, -0.15) is 0 Å². The summed E-state index contributed by atoms with van der Waals surface area (Å²) in [4.78, 5) is 25.7. The van der Waals surface area contributed by atoms with E-state index in [2.05, 4.69) is 4.98 Å². The number of H-pyrrole nitrogens is 1. The van der Waals surface area contributed by atoms with E-state index in [4.69, 9.17) is 0 Å². The molecule has 0 aliphatic heterocycles. The number of halogens is 1. The van der Waals surface area contributed by atoms with E-state index >= 15 is 0 Å². The van der Waals surface area contributed by atoms with Crippen molar-refractivity contribution < 1.29 is 19.1 Å². The number of aromatic amines is 1. The first-order valence-corrected chi connectivity index (χ1v) is 6.28. The third-order valence-corrected chi connectivity index (χ3v) is 3.19. The van der Waals surface area contributed by atoms with E-state index in [0.29, 0.717) is 22.4 Å². The van der Waals surface area contributed by atoms with Crippen molar-refractivity contribution in [3.05, 3.63) is 64.2 Å². The van der Waals surface area contributed by atoms with E-state index in [1.54, 1.807) is 32.1 Å². The van der Waals surface area contributed by atoms with Crippen LogP contribution in [0.25, 0.3) is 6.08 Å². The average molecular weight is 286 g/mol. The van der Waals surface area contributed by atoms with Gasteiger partial charge in [0, 0.05) is 11.3 Å². The third-order valence-electron chi connectivity index (χ3n) is 3.19. The number of allylic oxidation sites excluding steroid dienone is 1. The molecule has 5 heteroatoms. The van der Waals surface area contributed by atoms with Crippen LogP contribution in [0.1, 0.15) is 37.7 Å². The Kier molecular flexibility index (Phi) is 4.03. The smallest absolute Gasteiger partial charge is 0.187 e. The summed E-state index contributed by atoms with van der Waals surface area (Å²) in [5.74, 6) is -2.02. The summed E-state index contributed by atoms with van der Waals surface area (Å²) in [6, 6.07) is 5.68. The van der Waals surface area contributed by atoms with Gasteiger partial charge in [0.25, 0.3) is 0 Å². The fraction of sp³-hybridized carbons (Fsp3) is 0.125. The molecule has 0 spiro atoms. The van der Waals surface area contributed by atoms with Gasteiger partial charge in [0.15, 0.2) is 5.78 Å². The summed E-state index contributed by atoms with van der Waals surface area (Å²) < 4.78 is 12.8. The first-order chi connectivity index (χ1) is 9.90. The van der Waals surface area contributed by atoms with Crippen molar-refractivity contribution in [1.82, 2.24) is 4.98 Å². The molecular formula is C16H13FNO3-. The highest BCUT2D eigenvalue weighted by molar-refractivity contribution is 6.10. The highest BCUT2D eigenvalue weighted by Crippen LogP contribution is 2.19. The second-order valence-corrected chi connectivity index (χ2v) is 4.66. The largest absolute Gasteiger partial charge is 0.543 e. The topological polar surface area (TPSA) is 73.0 Å². The monoisotopic (exact) mass is 286 g/mol. The van der Waals surface area contributed by atoms with E-state index in [0.717, 1.165) is 0 Å². The Balaban J connectivity index is 2.29. The maximum Gasteiger partial charge on any atom is 0.187 e. The number of aromatic nitrogens is 1. The van der Waals surface area contributed by atoms with Crippen LogP contribution in [0.15, 0.2) is 30.3 Å². The van der Waals surface area contributed by atoms with Crippen LogP contribution in [-0.2, 0) is 0 Å². The van der Waals surface area contributed by atoms with Crippen LogP contribution in [0, 0.1) is 19.7 Å². The van der Waals surface area contributed by atoms with Crippen molar-refractivity contribution in [3.8, 4) is 0 Å². The molecule has 0 aliphatic carbocycles. The van der Waals surface area contributed by atoms with Crippen LogP contribution in [0.2, 0.25) is 0 Å². The predicted molar refractivity (Wildman–Crippen MR) is 74.4 cm³/mol. The molecule has 108 valence electrons. The number of carboxylic acid groups (broad SMARTS) is 1. The Hall–Kier alpha value is -2.69. The van der Waals surface area contributed by atoms with Gasteiger partial charge in [-0.3, -0.25) is 4.79 Å². The molecule has 0 aliphatic rings. The normalized spacial score (nSPS) is 11.0. The standard InChI is InChI=1S/C16H14FNO3/c1-9-14(10(2)18-15(9)16(20)21)13(19)8-5-11-3-6-12(17)7-4-11/h3-8,18H,1-2H3,(H,20,21)/p-1/b8-5+. The van der Waals surface area contributed by atoms with E-state index in [-0.39, 0.29) is 17.3 Å². The van der Waals surface area contributed by atoms with Gasteiger partial charge < -0.3 is 14.9 Å². The Morgan fingerprint density at radius 1 is 1.19 bits per heavy atom. The molecule has 0 saturated carbocycles. The van der Waals surface area contributed by atoms with Crippen molar-refractivity contribution in [2.45, 2.75) is 13.8 Å². The summed E-state index contributed by atoms with van der Waals surface area (Å²) in [6.45, 7) is 3.17. The van der Waals surface area contributed by atoms with Crippen LogP contribution in [0.5, 0.6) is 0 Å². The number of aromatic carboxylic acids is 1. The van der Waals surface area contributed by atoms with Gasteiger partial charge in [-0.25, -0.2) is 4.39 Å². The zero-order valence-corrected chi connectivity index (χ0v) is 11.6. The molecule has 1 aromatic heterocycles. The number of ketones is 1. The van der Waals surface area contributed by atoms with Crippen LogP contribution < -0.4 is 5.11 Å². The first-order valence-electron chi connectivity index (χ1n) is 6.28. The number of nitrogens with one attached hydrogen (secondary N) is 1. The molecule has 0 radical (unpaired) electrons. The number of carbonyl (C=O) groups is 2. The summed E-state index contributed by atoms with van der Waals surface area (Å²) in [7, 11) is 0. The van der Waals surface area contributed by atoms with Gasteiger partial charge >= 0.3 is 0 Å². The summed E-state index contributed by atoms with van der Waals surface area (Å²) >= 11 is 0. The number of rotatable bonds is 4. The number of aryl methyl sites for hydroxylation is 1. The van der Waals surface area contributed by atoms with Crippen molar-refractivity contribution in [1.29, 1.82) is 0 Å². The van der Waals surface area contributed by atoms with Crippen LogP contribution >= 0.6 is 0 Å². The number of benzene rings is 1.